The van der Waals surface area contributed by atoms with E-state index in [2.05, 4.69) is 37.5 Å². The lowest BCUT2D eigenvalue weighted by atomic mass is 10.1. The van der Waals surface area contributed by atoms with Crippen LogP contribution in [0.2, 0.25) is 0 Å². The first-order valence-corrected chi connectivity index (χ1v) is 8.42. The van der Waals surface area contributed by atoms with Crippen molar-refractivity contribution in [3.8, 4) is 5.82 Å². The monoisotopic (exact) mass is 350 g/mol. The zero-order chi connectivity index (χ0) is 17.4. The van der Waals surface area contributed by atoms with Gasteiger partial charge in [-0.25, -0.2) is 19.6 Å². The van der Waals surface area contributed by atoms with Gasteiger partial charge in [0.05, 0.1) is 15.8 Å². The Hall–Kier alpha value is -3.13. The topological polar surface area (TPSA) is 85.6 Å². The van der Waals surface area contributed by atoms with Crippen LogP contribution in [0.4, 0.5) is 5.13 Å². The molecule has 0 spiro atoms. The molecule has 3 heterocycles. The molecule has 1 N–H and O–H groups in total. The minimum atomic E-state index is -0.285. The summed E-state index contributed by atoms with van der Waals surface area (Å²) in [5, 5.41) is 7.46. The van der Waals surface area contributed by atoms with E-state index >= 15 is 0 Å². The van der Waals surface area contributed by atoms with Crippen LogP contribution in [0.25, 0.3) is 16.0 Å². The van der Waals surface area contributed by atoms with Crippen molar-refractivity contribution in [2.75, 3.05) is 5.32 Å². The van der Waals surface area contributed by atoms with Crippen LogP contribution in [0.5, 0.6) is 0 Å². The van der Waals surface area contributed by atoms with Crippen LogP contribution in [0.1, 0.15) is 21.5 Å². The second-order valence-electron chi connectivity index (χ2n) is 5.62. The minimum Gasteiger partial charge on any atom is -0.298 e. The number of nitrogens with one attached hydrogen (secondary N) is 1. The fourth-order valence-electron chi connectivity index (χ4n) is 2.66. The van der Waals surface area contributed by atoms with Gasteiger partial charge < -0.3 is 0 Å². The van der Waals surface area contributed by atoms with Crippen LogP contribution >= 0.6 is 11.3 Å². The summed E-state index contributed by atoms with van der Waals surface area (Å²) in [4.78, 5) is 25.4. The molecule has 0 saturated carbocycles. The summed E-state index contributed by atoms with van der Waals surface area (Å²) >= 11 is 1.45. The SMILES string of the molecule is Cc1cc(C)c2nc(NC(=O)c3cccnc3-n3cncn3)sc2c1. The highest BCUT2D eigenvalue weighted by Crippen LogP contribution is 2.29. The maximum Gasteiger partial charge on any atom is 0.261 e. The van der Waals surface area contributed by atoms with Crippen molar-refractivity contribution in [3.05, 3.63) is 59.8 Å². The highest BCUT2D eigenvalue weighted by molar-refractivity contribution is 7.22. The van der Waals surface area contributed by atoms with Gasteiger partial charge in [0.25, 0.3) is 5.91 Å². The number of aryl methyl sites for hydroxylation is 2. The Bertz CT molecular complexity index is 1070. The van der Waals surface area contributed by atoms with E-state index in [-0.39, 0.29) is 5.91 Å². The Balaban J connectivity index is 1.68. The van der Waals surface area contributed by atoms with Gasteiger partial charge >= 0.3 is 0 Å². The summed E-state index contributed by atoms with van der Waals surface area (Å²) in [5.41, 5.74) is 3.58. The summed E-state index contributed by atoms with van der Waals surface area (Å²) in [6.07, 6.45) is 4.51. The quantitative estimate of drug-likeness (QED) is 0.613. The number of aromatic nitrogens is 5. The van der Waals surface area contributed by atoms with Gasteiger partial charge in [-0.15, -0.1) is 0 Å². The summed E-state index contributed by atoms with van der Waals surface area (Å²) in [6.45, 7) is 4.06. The second kappa shape index (κ2) is 6.06. The molecule has 1 aromatic carbocycles. The molecule has 0 fully saturated rings. The first-order chi connectivity index (χ1) is 12.1. The van der Waals surface area contributed by atoms with Gasteiger partial charge in [-0.1, -0.05) is 17.4 Å². The maximum atomic E-state index is 12.7. The van der Waals surface area contributed by atoms with Crippen LogP contribution in [0, 0.1) is 13.8 Å². The molecule has 4 aromatic rings. The van der Waals surface area contributed by atoms with Crippen LogP contribution in [-0.2, 0) is 0 Å². The molecular formula is C17H14N6OS. The van der Waals surface area contributed by atoms with Crippen molar-refractivity contribution in [2.45, 2.75) is 13.8 Å². The Morgan fingerprint density at radius 3 is 2.96 bits per heavy atom. The standard InChI is InChI=1S/C17H14N6OS/c1-10-6-11(2)14-13(7-10)25-17(21-14)22-16(24)12-4-3-5-19-15(12)23-9-18-8-20-23/h3-9H,1-2H3,(H,21,22,24). The number of fused-ring (bicyclic) bond motifs is 1. The van der Waals surface area contributed by atoms with Gasteiger partial charge in [0, 0.05) is 6.20 Å². The van der Waals surface area contributed by atoms with Crippen molar-refractivity contribution in [3.63, 3.8) is 0 Å². The number of thiazole rings is 1. The molecule has 0 radical (unpaired) electrons. The van der Waals surface area contributed by atoms with Gasteiger partial charge in [0.1, 0.15) is 12.7 Å². The van der Waals surface area contributed by atoms with Crippen molar-refractivity contribution < 1.29 is 4.79 Å². The fraction of sp³-hybridized carbons (Fsp3) is 0.118. The van der Waals surface area contributed by atoms with Crippen molar-refractivity contribution >= 4 is 32.6 Å². The molecule has 0 saturated heterocycles. The number of amides is 1. The Labute approximate surface area is 147 Å². The van der Waals surface area contributed by atoms with E-state index in [1.807, 2.05) is 13.8 Å². The average Bonchev–Trinajstić information content (AvgIpc) is 3.24. The Morgan fingerprint density at radius 2 is 2.16 bits per heavy atom. The maximum absolute atomic E-state index is 12.7. The zero-order valence-corrected chi connectivity index (χ0v) is 14.4. The highest BCUT2D eigenvalue weighted by atomic mass is 32.1. The minimum absolute atomic E-state index is 0.285. The molecule has 0 aliphatic rings. The molecule has 8 heteroatoms. The first-order valence-electron chi connectivity index (χ1n) is 7.61. The fourth-order valence-corrected chi connectivity index (χ4v) is 3.70. The number of anilines is 1. The van der Waals surface area contributed by atoms with E-state index in [1.54, 1.807) is 18.3 Å². The largest absolute Gasteiger partial charge is 0.298 e. The number of carbonyl (C=O) groups is 1. The number of nitrogens with zero attached hydrogens (tertiary/aromatic N) is 5. The lowest BCUT2D eigenvalue weighted by Crippen LogP contribution is -2.16. The summed E-state index contributed by atoms with van der Waals surface area (Å²) in [5.74, 6) is 0.137. The molecule has 7 nitrogen and oxygen atoms in total. The molecule has 4 rings (SSSR count). The average molecular weight is 350 g/mol. The molecule has 0 atom stereocenters. The smallest absolute Gasteiger partial charge is 0.261 e. The van der Waals surface area contributed by atoms with Crippen LogP contribution in [0.15, 0.2) is 43.1 Å². The molecule has 0 aliphatic heterocycles. The normalized spacial score (nSPS) is 11.0. The molecule has 25 heavy (non-hydrogen) atoms. The third-order valence-electron chi connectivity index (χ3n) is 3.72. The summed E-state index contributed by atoms with van der Waals surface area (Å²) in [7, 11) is 0. The van der Waals surface area contributed by atoms with Crippen LogP contribution < -0.4 is 5.32 Å². The van der Waals surface area contributed by atoms with E-state index in [1.165, 1.54) is 34.2 Å². The van der Waals surface area contributed by atoms with Gasteiger partial charge in [-0.3, -0.25) is 10.1 Å². The zero-order valence-electron chi connectivity index (χ0n) is 13.6. The van der Waals surface area contributed by atoms with Gasteiger partial charge in [-0.2, -0.15) is 5.10 Å². The number of hydrogen-bond acceptors (Lipinski definition) is 6. The van der Waals surface area contributed by atoms with Gasteiger partial charge in [-0.05, 0) is 43.2 Å². The number of hydrogen-bond donors (Lipinski definition) is 1. The van der Waals surface area contributed by atoms with Gasteiger partial charge in [0.15, 0.2) is 10.9 Å². The molecule has 0 unspecified atom stereocenters. The van der Waals surface area contributed by atoms with E-state index in [0.717, 1.165) is 15.8 Å². The predicted molar refractivity (Wildman–Crippen MR) is 96.2 cm³/mol. The molecule has 124 valence electrons. The van der Waals surface area contributed by atoms with Gasteiger partial charge in [0.2, 0.25) is 0 Å². The third-order valence-corrected chi connectivity index (χ3v) is 4.64. The Kier molecular flexibility index (Phi) is 3.73. The third kappa shape index (κ3) is 2.87. The van der Waals surface area contributed by atoms with Crippen LogP contribution in [-0.4, -0.2) is 30.6 Å². The predicted octanol–water partition coefficient (Wildman–Crippen LogP) is 3.14. The van der Waals surface area contributed by atoms with Crippen molar-refractivity contribution in [1.82, 2.24) is 24.7 Å². The highest BCUT2D eigenvalue weighted by Gasteiger charge is 2.16. The Morgan fingerprint density at radius 1 is 1.28 bits per heavy atom. The first kappa shape index (κ1) is 15.4. The van der Waals surface area contributed by atoms with Crippen LogP contribution in [0.3, 0.4) is 0 Å². The lowest BCUT2D eigenvalue weighted by Gasteiger charge is -2.06. The molecule has 0 aliphatic carbocycles. The molecule has 0 bridgehead atoms. The number of pyridine rings is 1. The second-order valence-corrected chi connectivity index (χ2v) is 6.65. The summed E-state index contributed by atoms with van der Waals surface area (Å²) < 4.78 is 2.51. The lowest BCUT2D eigenvalue weighted by molar-refractivity contribution is 0.102. The van der Waals surface area contributed by atoms with E-state index in [0.29, 0.717) is 16.5 Å². The number of benzene rings is 1. The molecule has 3 aromatic heterocycles. The van der Waals surface area contributed by atoms with E-state index in [9.17, 15) is 4.79 Å². The van der Waals surface area contributed by atoms with Crippen molar-refractivity contribution in [1.29, 1.82) is 0 Å². The molecular weight excluding hydrogens is 336 g/mol. The molecule has 1 amide bonds. The number of rotatable bonds is 3. The summed E-state index contributed by atoms with van der Waals surface area (Å²) in [6, 6.07) is 7.56. The van der Waals surface area contributed by atoms with E-state index in [4.69, 9.17) is 0 Å². The van der Waals surface area contributed by atoms with Crippen molar-refractivity contribution in [2.24, 2.45) is 0 Å². The number of carbonyl (C=O) groups excluding carboxylic acids is 1. The van der Waals surface area contributed by atoms with E-state index < -0.39 is 0 Å².